The van der Waals surface area contributed by atoms with Gasteiger partial charge in [-0.15, -0.1) is 0 Å². The Balaban J connectivity index is 1.64. The van der Waals surface area contributed by atoms with E-state index in [1.165, 1.54) is 0 Å². The summed E-state index contributed by atoms with van der Waals surface area (Å²) in [5, 5.41) is 0. The lowest BCUT2D eigenvalue weighted by Gasteiger charge is -2.36. The van der Waals surface area contributed by atoms with Crippen LogP contribution in [0.3, 0.4) is 0 Å². The zero-order valence-electron chi connectivity index (χ0n) is 19.8. The van der Waals surface area contributed by atoms with E-state index < -0.39 is 0 Å². The Morgan fingerprint density at radius 3 is 2.61 bits per heavy atom. The lowest BCUT2D eigenvalue weighted by molar-refractivity contribution is 0.0991. The Morgan fingerprint density at radius 2 is 1.94 bits per heavy atom. The highest BCUT2D eigenvalue weighted by atomic mass is 16.5. The van der Waals surface area contributed by atoms with Gasteiger partial charge in [0, 0.05) is 48.7 Å². The zero-order valence-corrected chi connectivity index (χ0v) is 19.8. The number of pyridine rings is 1. The first-order chi connectivity index (χ1) is 15.9. The van der Waals surface area contributed by atoms with Gasteiger partial charge in [0.05, 0.1) is 19.2 Å². The molecule has 0 saturated carbocycles. The van der Waals surface area contributed by atoms with E-state index in [4.69, 9.17) is 14.7 Å². The van der Waals surface area contributed by atoms with Crippen LogP contribution in [-0.4, -0.2) is 66.0 Å². The highest BCUT2D eigenvalue weighted by molar-refractivity contribution is 5.98. The lowest BCUT2D eigenvalue weighted by atomic mass is 10.0. The largest absolute Gasteiger partial charge is 0.497 e. The quantitative estimate of drug-likeness (QED) is 0.512. The third-order valence-corrected chi connectivity index (χ3v) is 6.15. The molecule has 7 nitrogen and oxygen atoms in total. The Kier molecular flexibility index (Phi) is 6.99. The van der Waals surface area contributed by atoms with Gasteiger partial charge in [0.15, 0.2) is 11.6 Å². The van der Waals surface area contributed by atoms with Gasteiger partial charge in [-0.1, -0.05) is 0 Å². The molecular formula is C26H31N5O2. The number of carbonyl (C=O) groups is 1. The third kappa shape index (κ3) is 5.54. The molecule has 1 aliphatic heterocycles. The molecule has 1 aliphatic rings. The van der Waals surface area contributed by atoms with Crippen LogP contribution in [0.2, 0.25) is 0 Å². The molecule has 0 spiro atoms. The fraction of sp³-hybridized carbons (Fsp3) is 0.385. The van der Waals surface area contributed by atoms with Crippen molar-refractivity contribution in [3.63, 3.8) is 0 Å². The first-order valence-corrected chi connectivity index (χ1v) is 11.3. The molecule has 0 atom stereocenters. The van der Waals surface area contributed by atoms with Crippen molar-refractivity contribution < 1.29 is 9.53 Å². The molecule has 172 valence electrons. The van der Waals surface area contributed by atoms with Crippen molar-refractivity contribution in [1.29, 1.82) is 0 Å². The first-order valence-electron chi connectivity index (χ1n) is 11.3. The van der Waals surface area contributed by atoms with Crippen molar-refractivity contribution in [1.82, 2.24) is 19.9 Å². The van der Waals surface area contributed by atoms with Gasteiger partial charge in [-0.2, -0.15) is 0 Å². The number of hydrogen-bond acceptors (Lipinski definition) is 7. The van der Waals surface area contributed by atoms with Crippen molar-refractivity contribution in [2.24, 2.45) is 0 Å². The van der Waals surface area contributed by atoms with Gasteiger partial charge < -0.3 is 14.5 Å². The first kappa shape index (κ1) is 22.9. The van der Waals surface area contributed by atoms with Crippen LogP contribution >= 0.6 is 0 Å². The maximum atomic E-state index is 13.1. The van der Waals surface area contributed by atoms with E-state index in [1.807, 2.05) is 37.3 Å². The van der Waals surface area contributed by atoms with E-state index in [0.717, 1.165) is 42.9 Å². The van der Waals surface area contributed by atoms with Crippen LogP contribution in [0.15, 0.2) is 48.8 Å². The molecule has 7 heteroatoms. The third-order valence-electron chi connectivity index (χ3n) is 6.15. The number of carbonyl (C=O) groups excluding carboxylic acids is 1. The minimum atomic E-state index is 0.00472. The van der Waals surface area contributed by atoms with Crippen LogP contribution < -0.4 is 9.64 Å². The molecule has 2 aromatic heterocycles. The molecule has 0 aliphatic carbocycles. The number of rotatable bonds is 7. The molecule has 0 amide bonds. The maximum Gasteiger partial charge on any atom is 0.168 e. The summed E-state index contributed by atoms with van der Waals surface area (Å²) in [6, 6.07) is 11.9. The van der Waals surface area contributed by atoms with Gasteiger partial charge in [0.25, 0.3) is 0 Å². The van der Waals surface area contributed by atoms with Gasteiger partial charge in [0.1, 0.15) is 11.6 Å². The molecule has 1 saturated heterocycles. The number of benzene rings is 1. The topological polar surface area (TPSA) is 71.5 Å². The number of nitrogens with zero attached hydrogens (tertiary/aromatic N) is 5. The minimum Gasteiger partial charge on any atom is -0.497 e. The zero-order chi connectivity index (χ0) is 23.4. The van der Waals surface area contributed by atoms with Crippen LogP contribution in [0.1, 0.15) is 34.5 Å². The summed E-state index contributed by atoms with van der Waals surface area (Å²) >= 11 is 0. The SMILES string of the molecule is COc1cc(C)cc(C(=O)Cc2cc(N3CCC(N(C)C)CC3)nc(-c3cccnc3)n2)c1. The van der Waals surface area contributed by atoms with E-state index in [1.54, 1.807) is 25.6 Å². The molecule has 3 aromatic rings. The monoisotopic (exact) mass is 445 g/mol. The van der Waals surface area contributed by atoms with Crippen LogP contribution in [0, 0.1) is 6.92 Å². The maximum absolute atomic E-state index is 13.1. The second kappa shape index (κ2) is 10.1. The van der Waals surface area contributed by atoms with Crippen molar-refractivity contribution in [3.8, 4) is 17.1 Å². The number of Topliss-reactive ketones (excluding diaryl/α,β-unsaturated/α-hetero) is 1. The fourth-order valence-electron chi connectivity index (χ4n) is 4.26. The van der Waals surface area contributed by atoms with Crippen LogP contribution in [0.4, 0.5) is 5.82 Å². The van der Waals surface area contributed by atoms with Crippen molar-refractivity contribution >= 4 is 11.6 Å². The average Bonchev–Trinajstić information content (AvgIpc) is 2.84. The van der Waals surface area contributed by atoms with Gasteiger partial charge in [-0.25, -0.2) is 9.97 Å². The van der Waals surface area contributed by atoms with E-state index in [9.17, 15) is 4.79 Å². The summed E-state index contributed by atoms with van der Waals surface area (Å²) in [7, 11) is 5.88. The molecule has 0 unspecified atom stereocenters. The van der Waals surface area contributed by atoms with E-state index in [-0.39, 0.29) is 12.2 Å². The summed E-state index contributed by atoms with van der Waals surface area (Å²) in [6.07, 6.45) is 5.85. The fourth-order valence-corrected chi connectivity index (χ4v) is 4.26. The molecule has 0 bridgehead atoms. The number of aryl methyl sites for hydroxylation is 1. The van der Waals surface area contributed by atoms with Gasteiger partial charge in [-0.3, -0.25) is 9.78 Å². The number of piperidine rings is 1. The van der Waals surface area contributed by atoms with Crippen molar-refractivity contribution in [3.05, 3.63) is 65.6 Å². The number of ether oxygens (including phenoxy) is 1. The van der Waals surface area contributed by atoms with Gasteiger partial charge >= 0.3 is 0 Å². The number of methoxy groups -OCH3 is 1. The molecule has 33 heavy (non-hydrogen) atoms. The molecule has 0 N–H and O–H groups in total. The standard InChI is InChI=1S/C26H31N5O2/c1-18-12-20(14-23(13-18)33-4)24(32)15-21-16-25(31-10-7-22(8-11-31)30(2)3)29-26(28-21)19-6-5-9-27-17-19/h5-6,9,12-14,16-17,22H,7-8,10-11,15H2,1-4H3. The molecule has 3 heterocycles. The smallest absolute Gasteiger partial charge is 0.168 e. The number of ketones is 1. The van der Waals surface area contributed by atoms with Gasteiger partial charge in [0.2, 0.25) is 0 Å². The summed E-state index contributed by atoms with van der Waals surface area (Å²) in [6.45, 7) is 3.81. The van der Waals surface area contributed by atoms with Crippen LogP contribution in [-0.2, 0) is 6.42 Å². The van der Waals surface area contributed by atoms with Crippen LogP contribution in [0.25, 0.3) is 11.4 Å². The normalized spacial score (nSPS) is 14.5. The Labute approximate surface area is 195 Å². The molecule has 1 aromatic carbocycles. The van der Waals surface area contributed by atoms with Gasteiger partial charge in [-0.05, 0) is 69.8 Å². The minimum absolute atomic E-state index is 0.00472. The highest BCUT2D eigenvalue weighted by Gasteiger charge is 2.23. The number of hydrogen-bond donors (Lipinski definition) is 0. The van der Waals surface area contributed by atoms with E-state index in [0.29, 0.717) is 28.9 Å². The summed E-state index contributed by atoms with van der Waals surface area (Å²) in [4.78, 5) is 31.5. The Morgan fingerprint density at radius 1 is 1.15 bits per heavy atom. The summed E-state index contributed by atoms with van der Waals surface area (Å²) in [5.41, 5.74) is 3.16. The average molecular weight is 446 g/mol. The van der Waals surface area contributed by atoms with Crippen LogP contribution in [0.5, 0.6) is 5.75 Å². The summed E-state index contributed by atoms with van der Waals surface area (Å²) < 4.78 is 5.34. The second-order valence-corrected chi connectivity index (χ2v) is 8.80. The molecule has 4 rings (SSSR count). The Hall–Kier alpha value is -3.32. The van der Waals surface area contributed by atoms with E-state index >= 15 is 0 Å². The molecule has 1 fully saturated rings. The predicted molar refractivity (Wildman–Crippen MR) is 130 cm³/mol. The second-order valence-electron chi connectivity index (χ2n) is 8.80. The molecule has 0 radical (unpaired) electrons. The summed E-state index contributed by atoms with van der Waals surface area (Å²) in [5.74, 6) is 2.15. The lowest BCUT2D eigenvalue weighted by Crippen LogP contribution is -2.42. The van der Waals surface area contributed by atoms with Crippen molar-refractivity contribution in [2.75, 3.05) is 39.2 Å². The predicted octanol–water partition coefficient (Wildman–Crippen LogP) is 3.81. The van der Waals surface area contributed by atoms with Crippen molar-refractivity contribution in [2.45, 2.75) is 32.2 Å². The highest BCUT2D eigenvalue weighted by Crippen LogP contribution is 2.25. The number of anilines is 1. The Bertz CT molecular complexity index is 1110. The van der Waals surface area contributed by atoms with E-state index in [2.05, 4.69) is 28.9 Å². The molecular weight excluding hydrogens is 414 g/mol. The number of aromatic nitrogens is 3.